The first kappa shape index (κ1) is 25.8. The van der Waals surface area contributed by atoms with Crippen molar-refractivity contribution in [3.8, 4) is 6.07 Å². The molecule has 3 aromatic rings. The van der Waals surface area contributed by atoms with Crippen LogP contribution in [0.15, 0.2) is 46.2 Å². The number of rotatable bonds is 7. The molecule has 15 nitrogen and oxygen atoms in total. The highest BCUT2D eigenvalue weighted by atomic mass is 32.2. The van der Waals surface area contributed by atoms with Crippen molar-refractivity contribution < 1.29 is 36.4 Å². The van der Waals surface area contributed by atoms with Crippen LogP contribution >= 0.6 is 0 Å². The molecular formula is C21H19N5O10S. The van der Waals surface area contributed by atoms with Gasteiger partial charge in [0.15, 0.2) is 17.8 Å². The number of nitriles is 1. The maximum absolute atomic E-state index is 12.5. The van der Waals surface area contributed by atoms with Gasteiger partial charge in [0.05, 0.1) is 18.1 Å². The first-order chi connectivity index (χ1) is 17.4. The highest BCUT2D eigenvalue weighted by Crippen LogP contribution is 2.43. The van der Waals surface area contributed by atoms with Crippen LogP contribution in [0.1, 0.15) is 23.5 Å². The fourth-order valence-corrected chi connectivity index (χ4v) is 4.64. The number of carbonyl (C=O) groups excluding carboxylic acids is 2. The molecule has 0 amide bonds. The van der Waals surface area contributed by atoms with Crippen LogP contribution in [0.4, 0.5) is 0 Å². The lowest BCUT2D eigenvalue weighted by atomic mass is 9.94. The maximum Gasteiger partial charge on any atom is 0.338 e. The topological polar surface area (TPSA) is 213 Å². The van der Waals surface area contributed by atoms with E-state index in [1.54, 1.807) is 24.3 Å². The summed E-state index contributed by atoms with van der Waals surface area (Å²) in [6, 6.07) is 9.50. The molecule has 2 aromatic heterocycles. The third-order valence-electron chi connectivity index (χ3n) is 5.34. The van der Waals surface area contributed by atoms with Gasteiger partial charge in [-0.05, 0) is 12.1 Å². The molecule has 37 heavy (non-hydrogen) atoms. The standard InChI is InChI=1S/C21H19N5O10S/c1-11(27)34-15-18(26-10-23-14-16(26)24-20(30)25-17(14)28)35-13(21(15,9-22)36-37(2,31)32)8-33-19(29)12-6-4-3-5-7-12/h3-7,10,13,15,18H,8H2,1-2H3,(H2,24,25,28,30)/t13-,15+,18-,21-/m1/s1. The second-order valence-corrected chi connectivity index (χ2v) is 9.53. The van der Waals surface area contributed by atoms with Gasteiger partial charge in [-0.25, -0.2) is 18.8 Å². The van der Waals surface area contributed by atoms with Crippen molar-refractivity contribution in [2.45, 2.75) is 31.0 Å². The summed E-state index contributed by atoms with van der Waals surface area (Å²) in [6.45, 7) is 0.301. The molecule has 1 fully saturated rings. The number of hydrogen-bond donors (Lipinski definition) is 2. The van der Waals surface area contributed by atoms with E-state index in [1.807, 2.05) is 4.98 Å². The van der Waals surface area contributed by atoms with E-state index in [2.05, 4.69) is 9.97 Å². The second kappa shape index (κ2) is 9.61. The Morgan fingerprint density at radius 3 is 2.57 bits per heavy atom. The Kier molecular flexibility index (Phi) is 6.69. The van der Waals surface area contributed by atoms with Gasteiger partial charge in [0.1, 0.15) is 24.4 Å². The van der Waals surface area contributed by atoms with E-state index in [-0.39, 0.29) is 16.7 Å². The molecule has 0 saturated carbocycles. The van der Waals surface area contributed by atoms with Crippen molar-refractivity contribution in [3.05, 3.63) is 63.1 Å². The summed E-state index contributed by atoms with van der Waals surface area (Å²) in [4.78, 5) is 56.8. The highest BCUT2D eigenvalue weighted by Gasteiger charge is 2.64. The molecule has 4 atom stereocenters. The number of nitrogens with one attached hydrogen (secondary N) is 2. The third-order valence-corrected chi connectivity index (χ3v) is 5.92. The number of aromatic nitrogens is 4. The first-order valence-corrected chi connectivity index (χ1v) is 12.3. The molecule has 4 rings (SSSR count). The van der Waals surface area contributed by atoms with Crippen LogP contribution < -0.4 is 11.2 Å². The largest absolute Gasteiger partial charge is 0.459 e. The minimum absolute atomic E-state index is 0.164. The molecule has 0 unspecified atom stereocenters. The summed E-state index contributed by atoms with van der Waals surface area (Å²) in [5, 5.41) is 10.1. The zero-order valence-electron chi connectivity index (χ0n) is 19.2. The van der Waals surface area contributed by atoms with Crippen molar-refractivity contribution >= 4 is 33.2 Å². The van der Waals surface area contributed by atoms with E-state index >= 15 is 0 Å². The molecule has 1 aliphatic rings. The van der Waals surface area contributed by atoms with Gasteiger partial charge in [-0.15, -0.1) is 0 Å². The summed E-state index contributed by atoms with van der Waals surface area (Å²) in [7, 11) is -4.39. The minimum atomic E-state index is -4.39. The molecule has 1 saturated heterocycles. The van der Waals surface area contributed by atoms with Crippen molar-refractivity contribution in [2.24, 2.45) is 0 Å². The van der Waals surface area contributed by atoms with Crippen molar-refractivity contribution in [1.29, 1.82) is 5.26 Å². The molecule has 3 heterocycles. The lowest BCUT2D eigenvalue weighted by Gasteiger charge is -2.30. The summed E-state index contributed by atoms with van der Waals surface area (Å²) >= 11 is 0. The number of benzene rings is 1. The van der Waals surface area contributed by atoms with Gasteiger partial charge in [-0.2, -0.15) is 13.7 Å². The van der Waals surface area contributed by atoms with Gasteiger partial charge in [-0.1, -0.05) is 18.2 Å². The van der Waals surface area contributed by atoms with Crippen LogP contribution in [-0.4, -0.2) is 70.5 Å². The van der Waals surface area contributed by atoms with Crippen LogP contribution in [0, 0.1) is 11.3 Å². The van der Waals surface area contributed by atoms with Gasteiger partial charge in [0.25, 0.3) is 15.7 Å². The molecule has 194 valence electrons. The Morgan fingerprint density at radius 1 is 1.24 bits per heavy atom. The minimum Gasteiger partial charge on any atom is -0.459 e. The van der Waals surface area contributed by atoms with Gasteiger partial charge < -0.3 is 14.2 Å². The number of carbonyl (C=O) groups is 2. The van der Waals surface area contributed by atoms with Crippen molar-refractivity contribution in [1.82, 2.24) is 19.5 Å². The lowest BCUT2D eigenvalue weighted by molar-refractivity contribution is -0.157. The van der Waals surface area contributed by atoms with Crippen LogP contribution in [-0.2, 0) is 33.3 Å². The third kappa shape index (κ3) is 5.00. The smallest absolute Gasteiger partial charge is 0.338 e. The van der Waals surface area contributed by atoms with Gasteiger partial charge in [0.2, 0.25) is 5.60 Å². The lowest BCUT2D eigenvalue weighted by Crippen LogP contribution is -2.53. The summed E-state index contributed by atoms with van der Waals surface area (Å²) in [5.41, 5.74) is -4.52. The van der Waals surface area contributed by atoms with Crippen molar-refractivity contribution in [2.75, 3.05) is 12.9 Å². The summed E-state index contributed by atoms with van der Waals surface area (Å²) in [5.74, 6) is -1.75. The fraction of sp³-hybridized carbons (Fsp3) is 0.333. The number of imidazole rings is 1. The Morgan fingerprint density at radius 2 is 1.95 bits per heavy atom. The fourth-order valence-electron chi connectivity index (χ4n) is 3.89. The van der Waals surface area contributed by atoms with Crippen LogP contribution in [0.3, 0.4) is 0 Å². The average Bonchev–Trinajstić information content (AvgIpc) is 3.36. The second-order valence-electron chi connectivity index (χ2n) is 7.96. The van der Waals surface area contributed by atoms with E-state index in [4.69, 9.17) is 18.4 Å². The van der Waals surface area contributed by atoms with Crippen molar-refractivity contribution in [3.63, 3.8) is 0 Å². The van der Waals surface area contributed by atoms with Gasteiger partial charge in [-0.3, -0.25) is 24.1 Å². The molecule has 0 bridgehead atoms. The number of esters is 2. The van der Waals surface area contributed by atoms with E-state index in [0.717, 1.165) is 17.8 Å². The Balaban J connectivity index is 1.81. The molecule has 1 aliphatic heterocycles. The molecule has 0 radical (unpaired) electrons. The monoisotopic (exact) mass is 533 g/mol. The molecule has 1 aromatic carbocycles. The molecule has 16 heteroatoms. The zero-order chi connectivity index (χ0) is 27.0. The van der Waals surface area contributed by atoms with E-state index in [9.17, 15) is 32.9 Å². The quantitative estimate of drug-likeness (QED) is 0.286. The predicted molar refractivity (Wildman–Crippen MR) is 121 cm³/mol. The maximum atomic E-state index is 12.5. The number of nitrogens with zero attached hydrogens (tertiary/aromatic N) is 3. The molecule has 2 N–H and O–H groups in total. The Hall–Kier alpha value is -4.33. The normalized spacial score (nSPS) is 23.4. The highest BCUT2D eigenvalue weighted by molar-refractivity contribution is 7.86. The number of fused-ring (bicyclic) bond motifs is 1. The average molecular weight is 533 g/mol. The number of ether oxygens (including phenoxy) is 3. The van der Waals surface area contributed by atoms with Crippen LogP contribution in [0.5, 0.6) is 0 Å². The number of aromatic amines is 2. The zero-order valence-corrected chi connectivity index (χ0v) is 20.1. The SMILES string of the molecule is CC(=O)O[C@H]1[C@H](n2cnc3c(=O)[nH]c(=O)[nH]c32)O[C@H](COC(=O)c2ccccc2)[C@@]1(C#N)OS(C)(=O)=O. The Labute approximate surface area is 207 Å². The van der Waals surface area contributed by atoms with E-state index < -0.39 is 63.9 Å². The molecule has 0 aliphatic carbocycles. The van der Waals surface area contributed by atoms with E-state index in [1.165, 1.54) is 12.1 Å². The van der Waals surface area contributed by atoms with E-state index in [0.29, 0.717) is 6.26 Å². The Bertz CT molecular complexity index is 1620. The van der Waals surface area contributed by atoms with Gasteiger partial charge in [0, 0.05) is 6.92 Å². The summed E-state index contributed by atoms with van der Waals surface area (Å²) < 4.78 is 47.0. The van der Waals surface area contributed by atoms with Crippen LogP contribution in [0.2, 0.25) is 0 Å². The van der Waals surface area contributed by atoms with Gasteiger partial charge >= 0.3 is 17.6 Å². The number of hydrogen-bond acceptors (Lipinski definition) is 12. The predicted octanol–water partition coefficient (Wildman–Crippen LogP) is -0.662. The number of H-pyrrole nitrogens is 2. The first-order valence-electron chi connectivity index (χ1n) is 10.5. The summed E-state index contributed by atoms with van der Waals surface area (Å²) in [6.07, 6.45) is -3.24. The van der Waals surface area contributed by atoms with Crippen LogP contribution in [0.25, 0.3) is 11.2 Å². The molecule has 0 spiro atoms. The molecular weight excluding hydrogens is 514 g/mol.